The predicted octanol–water partition coefficient (Wildman–Crippen LogP) is 3.55. The summed E-state index contributed by atoms with van der Waals surface area (Å²) in [6, 6.07) is 0. The van der Waals surface area contributed by atoms with Crippen LogP contribution in [0.15, 0.2) is 24.8 Å². The minimum Gasteiger partial charge on any atom is -0.0983 e. The van der Waals surface area contributed by atoms with Crippen LogP contribution < -0.4 is 0 Å². The fourth-order valence-electron chi connectivity index (χ4n) is 0.622. The highest BCUT2D eigenvalue weighted by molar-refractivity contribution is 7.65. The summed E-state index contributed by atoms with van der Waals surface area (Å²) in [5.41, 5.74) is 0. The van der Waals surface area contributed by atoms with Crippen molar-refractivity contribution in [3.63, 3.8) is 0 Å². The Bertz CT molecular complexity index is 100. The molecule has 0 saturated carbocycles. The van der Waals surface area contributed by atoms with Gasteiger partial charge in [0.25, 0.3) is 0 Å². The van der Waals surface area contributed by atoms with Crippen LogP contribution in [0, 0.1) is 0 Å². The molecule has 0 radical (unpaired) electrons. The highest BCUT2D eigenvalue weighted by Gasteiger charge is 2.17. The van der Waals surface area contributed by atoms with E-state index >= 15 is 0 Å². The Morgan fingerprint density at radius 3 is 1.44 bits per heavy atom. The predicted molar refractivity (Wildman–Crippen MR) is 47.1 cm³/mol. The van der Waals surface area contributed by atoms with E-state index in [-0.39, 0.29) is 7.92 Å². The van der Waals surface area contributed by atoms with Crippen LogP contribution in [0.25, 0.3) is 0 Å². The summed E-state index contributed by atoms with van der Waals surface area (Å²) in [6.45, 7) is 14.1. The van der Waals surface area contributed by atoms with Crippen LogP contribution in [0.1, 0.15) is 20.8 Å². The highest BCUT2D eigenvalue weighted by Crippen LogP contribution is 2.50. The maximum atomic E-state index is 3.76. The fraction of sp³-hybridized carbons (Fsp3) is 0.500. The van der Waals surface area contributed by atoms with Gasteiger partial charge in [-0.3, -0.25) is 0 Å². The molecule has 0 rings (SSSR count). The largest absolute Gasteiger partial charge is 0.0983 e. The van der Waals surface area contributed by atoms with Gasteiger partial charge in [-0.05, 0) is 5.16 Å². The van der Waals surface area contributed by atoms with E-state index in [4.69, 9.17) is 0 Å². The Hall–Kier alpha value is -0.0900. The third-order valence-corrected chi connectivity index (χ3v) is 3.50. The summed E-state index contributed by atoms with van der Waals surface area (Å²) in [5, 5.41) is 0.346. The van der Waals surface area contributed by atoms with Gasteiger partial charge in [0, 0.05) is 0 Å². The molecule has 0 spiro atoms. The Balaban J connectivity index is 4.11. The first-order valence-corrected chi connectivity index (χ1v) is 4.54. The van der Waals surface area contributed by atoms with Crippen molar-refractivity contribution < 1.29 is 0 Å². The van der Waals surface area contributed by atoms with E-state index in [1.807, 2.05) is 11.6 Å². The second-order valence-electron chi connectivity index (χ2n) is 2.94. The van der Waals surface area contributed by atoms with Crippen LogP contribution >= 0.6 is 7.92 Å². The monoisotopic (exact) mass is 142 g/mol. The average molecular weight is 142 g/mol. The molecule has 52 valence electrons. The second kappa shape index (κ2) is 3.17. The summed E-state index contributed by atoms with van der Waals surface area (Å²) in [4.78, 5) is 0. The molecule has 0 aromatic heterocycles. The lowest BCUT2D eigenvalue weighted by Gasteiger charge is -2.24. The van der Waals surface area contributed by atoms with Crippen molar-refractivity contribution in [3.05, 3.63) is 24.8 Å². The first kappa shape index (κ1) is 8.91. The first-order valence-electron chi connectivity index (χ1n) is 3.06. The van der Waals surface area contributed by atoms with Gasteiger partial charge in [0.1, 0.15) is 0 Å². The molecule has 9 heavy (non-hydrogen) atoms. The quantitative estimate of drug-likeness (QED) is 0.517. The van der Waals surface area contributed by atoms with E-state index < -0.39 is 0 Å². The van der Waals surface area contributed by atoms with E-state index in [9.17, 15) is 0 Å². The third-order valence-electron chi connectivity index (χ3n) is 1.17. The van der Waals surface area contributed by atoms with E-state index in [1.165, 1.54) is 0 Å². The molecule has 0 nitrogen and oxygen atoms in total. The van der Waals surface area contributed by atoms with Gasteiger partial charge in [0.2, 0.25) is 0 Å². The van der Waals surface area contributed by atoms with Crippen LogP contribution in [0.3, 0.4) is 0 Å². The zero-order chi connectivity index (χ0) is 7.49. The third kappa shape index (κ3) is 2.81. The molecule has 0 N–H and O–H groups in total. The van der Waals surface area contributed by atoms with Gasteiger partial charge in [0.05, 0.1) is 0 Å². The van der Waals surface area contributed by atoms with Gasteiger partial charge in [-0.1, -0.05) is 53.5 Å². The lowest BCUT2D eigenvalue weighted by atomic mass is 10.3. The molecule has 0 unspecified atom stereocenters. The summed E-state index contributed by atoms with van der Waals surface area (Å²) in [5.74, 6) is 4.00. The minimum atomic E-state index is -0.169. The molecule has 0 aliphatic heterocycles. The van der Waals surface area contributed by atoms with Gasteiger partial charge in [-0.25, -0.2) is 0 Å². The molecule has 0 bridgehead atoms. The van der Waals surface area contributed by atoms with Crippen molar-refractivity contribution in [2.24, 2.45) is 0 Å². The molecule has 0 aromatic carbocycles. The van der Waals surface area contributed by atoms with Gasteiger partial charge in [0.15, 0.2) is 0 Å². The normalized spacial score (nSPS) is 11.6. The van der Waals surface area contributed by atoms with E-state index in [2.05, 4.69) is 33.9 Å². The van der Waals surface area contributed by atoms with Gasteiger partial charge < -0.3 is 0 Å². The van der Waals surface area contributed by atoms with Crippen LogP contribution in [-0.4, -0.2) is 5.16 Å². The number of hydrogen-bond acceptors (Lipinski definition) is 0. The molecule has 0 atom stereocenters. The molecule has 0 aliphatic rings. The first-order chi connectivity index (χ1) is 4.02. The van der Waals surface area contributed by atoms with E-state index in [0.717, 1.165) is 0 Å². The van der Waals surface area contributed by atoms with E-state index in [0.29, 0.717) is 5.16 Å². The summed E-state index contributed by atoms with van der Waals surface area (Å²) in [6.07, 6.45) is 0. The Morgan fingerprint density at radius 2 is 1.44 bits per heavy atom. The van der Waals surface area contributed by atoms with Crippen molar-refractivity contribution in [2.75, 3.05) is 0 Å². The second-order valence-corrected chi connectivity index (χ2v) is 5.83. The zero-order valence-corrected chi connectivity index (χ0v) is 7.41. The average Bonchev–Trinajstić information content (AvgIpc) is 1.65. The maximum absolute atomic E-state index is 3.76. The Kier molecular flexibility index (Phi) is 3.14. The van der Waals surface area contributed by atoms with Crippen LogP contribution in [0.5, 0.6) is 0 Å². The minimum absolute atomic E-state index is 0.169. The van der Waals surface area contributed by atoms with Gasteiger partial charge >= 0.3 is 0 Å². The molecule has 0 saturated heterocycles. The van der Waals surface area contributed by atoms with Crippen LogP contribution in [-0.2, 0) is 0 Å². The fourth-order valence-corrected chi connectivity index (χ4v) is 1.87. The van der Waals surface area contributed by atoms with Gasteiger partial charge in [-0.2, -0.15) is 0 Å². The number of hydrogen-bond donors (Lipinski definition) is 0. The molecule has 0 aromatic rings. The lowest BCUT2D eigenvalue weighted by Crippen LogP contribution is -2.07. The highest BCUT2D eigenvalue weighted by atomic mass is 31.1. The van der Waals surface area contributed by atoms with E-state index in [1.54, 1.807) is 0 Å². The molecular weight excluding hydrogens is 127 g/mol. The summed E-state index contributed by atoms with van der Waals surface area (Å²) >= 11 is 0. The molecular formula is C8H15P. The molecule has 0 aliphatic carbocycles. The Labute approximate surface area is 59.4 Å². The zero-order valence-electron chi connectivity index (χ0n) is 6.52. The number of rotatable bonds is 2. The van der Waals surface area contributed by atoms with Crippen molar-refractivity contribution in [1.29, 1.82) is 0 Å². The molecule has 0 heterocycles. The topological polar surface area (TPSA) is 0 Å². The van der Waals surface area contributed by atoms with Crippen LogP contribution in [0.2, 0.25) is 0 Å². The SMILES string of the molecule is C=CP(C=C)C(C)(C)C. The van der Waals surface area contributed by atoms with Crippen molar-refractivity contribution in [2.45, 2.75) is 25.9 Å². The maximum Gasteiger partial charge on any atom is -0.0110 e. The van der Waals surface area contributed by atoms with Crippen molar-refractivity contribution in [1.82, 2.24) is 0 Å². The Morgan fingerprint density at radius 1 is 1.11 bits per heavy atom. The summed E-state index contributed by atoms with van der Waals surface area (Å²) < 4.78 is 0. The smallest absolute Gasteiger partial charge is 0.0110 e. The molecule has 0 fully saturated rings. The van der Waals surface area contributed by atoms with Crippen LogP contribution in [0.4, 0.5) is 0 Å². The standard InChI is InChI=1S/C8H15P/c1-6-9(7-2)8(3,4)5/h6-7H,1-2H2,3-5H3. The van der Waals surface area contributed by atoms with Crippen molar-refractivity contribution in [3.8, 4) is 0 Å². The molecule has 0 amide bonds. The van der Waals surface area contributed by atoms with Crippen molar-refractivity contribution >= 4 is 7.92 Å². The van der Waals surface area contributed by atoms with Gasteiger partial charge in [-0.15, -0.1) is 0 Å². The summed E-state index contributed by atoms with van der Waals surface area (Å²) in [7, 11) is -0.169. The lowest BCUT2D eigenvalue weighted by molar-refractivity contribution is 0.792. The molecule has 1 heteroatoms.